The summed E-state index contributed by atoms with van der Waals surface area (Å²) in [5.41, 5.74) is 4.70. The first-order chi connectivity index (χ1) is 23.0. The van der Waals surface area contributed by atoms with E-state index in [0.717, 1.165) is 64.2 Å². The molecule has 1 fully saturated rings. The molecule has 1 aliphatic rings. The minimum atomic E-state index is -4.21. The summed E-state index contributed by atoms with van der Waals surface area (Å²) in [5, 5.41) is 3.64. The van der Waals surface area contributed by atoms with Gasteiger partial charge in [-0.1, -0.05) is 109 Å². The Morgan fingerprint density at radius 3 is 2.17 bits per heavy atom. The van der Waals surface area contributed by atoms with Crippen molar-refractivity contribution in [1.82, 2.24) is 10.2 Å². The summed E-state index contributed by atoms with van der Waals surface area (Å²) >= 11 is 6.50. The maximum atomic E-state index is 14.8. The Balaban J connectivity index is 1.58. The zero-order valence-corrected chi connectivity index (χ0v) is 29.4. The SMILES string of the molecule is Cc1ccc(S(=O)(=O)N(CC(=O)N(Cc2ccccc2C)[C@H](Cc2ccccc2)C(=O)NC2CCCCC2)c2ccc(C)c(Cl)c2)cc1. The molecule has 9 heteroatoms. The van der Waals surface area contributed by atoms with Gasteiger partial charge in [0.05, 0.1) is 10.6 Å². The van der Waals surface area contributed by atoms with E-state index in [1.165, 1.54) is 0 Å². The minimum absolute atomic E-state index is 0.0352. The molecule has 7 nitrogen and oxygen atoms in total. The second-order valence-electron chi connectivity index (χ2n) is 12.8. The molecule has 252 valence electrons. The van der Waals surface area contributed by atoms with E-state index in [4.69, 9.17) is 11.6 Å². The minimum Gasteiger partial charge on any atom is -0.352 e. The topological polar surface area (TPSA) is 86.8 Å². The van der Waals surface area contributed by atoms with Crippen LogP contribution in [0, 0.1) is 20.8 Å². The van der Waals surface area contributed by atoms with E-state index < -0.39 is 28.5 Å². The number of rotatable bonds is 12. The average molecular weight is 686 g/mol. The second-order valence-corrected chi connectivity index (χ2v) is 15.0. The maximum Gasteiger partial charge on any atom is 0.264 e. The Morgan fingerprint density at radius 1 is 0.833 bits per heavy atom. The Labute approximate surface area is 290 Å². The molecule has 4 aromatic carbocycles. The molecule has 1 atom stereocenters. The molecule has 0 unspecified atom stereocenters. The van der Waals surface area contributed by atoms with Crippen molar-refractivity contribution in [3.8, 4) is 0 Å². The summed E-state index contributed by atoms with van der Waals surface area (Å²) in [7, 11) is -4.21. The lowest BCUT2D eigenvalue weighted by atomic mass is 9.94. The molecule has 0 spiro atoms. The number of halogens is 1. The van der Waals surface area contributed by atoms with Gasteiger partial charge in [-0.05, 0) is 80.1 Å². The van der Waals surface area contributed by atoms with Crippen LogP contribution in [-0.4, -0.2) is 43.8 Å². The van der Waals surface area contributed by atoms with Crippen LogP contribution in [0.1, 0.15) is 59.9 Å². The normalized spacial score (nSPS) is 14.2. The van der Waals surface area contributed by atoms with Crippen molar-refractivity contribution in [1.29, 1.82) is 0 Å². The summed E-state index contributed by atoms with van der Waals surface area (Å²) in [6.07, 6.45) is 5.30. The fraction of sp³-hybridized carbons (Fsp3) is 0.333. The highest BCUT2D eigenvalue weighted by atomic mass is 35.5. The van der Waals surface area contributed by atoms with Gasteiger partial charge in [-0.3, -0.25) is 13.9 Å². The predicted molar refractivity (Wildman–Crippen MR) is 193 cm³/mol. The number of sulfonamides is 1. The lowest BCUT2D eigenvalue weighted by molar-refractivity contribution is -0.140. The molecule has 1 aliphatic carbocycles. The van der Waals surface area contributed by atoms with Crippen LogP contribution in [0.15, 0.2) is 102 Å². The second kappa shape index (κ2) is 15.8. The molecular weight excluding hydrogens is 642 g/mol. The van der Waals surface area contributed by atoms with Crippen molar-refractivity contribution in [3.05, 3.63) is 130 Å². The van der Waals surface area contributed by atoms with Crippen LogP contribution in [-0.2, 0) is 32.6 Å². The number of nitrogens with zero attached hydrogens (tertiary/aromatic N) is 2. The first-order valence-electron chi connectivity index (χ1n) is 16.6. The Morgan fingerprint density at radius 2 is 1.50 bits per heavy atom. The predicted octanol–water partition coefficient (Wildman–Crippen LogP) is 7.55. The molecule has 5 rings (SSSR count). The largest absolute Gasteiger partial charge is 0.352 e. The van der Waals surface area contributed by atoms with Gasteiger partial charge in [0, 0.05) is 24.0 Å². The van der Waals surface area contributed by atoms with Gasteiger partial charge < -0.3 is 10.2 Å². The van der Waals surface area contributed by atoms with Crippen LogP contribution in [0.25, 0.3) is 0 Å². The number of aryl methyl sites for hydroxylation is 3. The summed E-state index contributed by atoms with van der Waals surface area (Å²) in [6, 6.07) is 28.0. The summed E-state index contributed by atoms with van der Waals surface area (Å²) in [4.78, 5) is 30.6. The quantitative estimate of drug-likeness (QED) is 0.167. The van der Waals surface area contributed by atoms with Crippen LogP contribution in [0.4, 0.5) is 5.69 Å². The Kier molecular flexibility index (Phi) is 11.6. The van der Waals surface area contributed by atoms with Crippen molar-refractivity contribution in [2.45, 2.75) is 82.8 Å². The van der Waals surface area contributed by atoms with E-state index in [-0.39, 0.29) is 35.5 Å². The Hall–Kier alpha value is -4.14. The van der Waals surface area contributed by atoms with Crippen LogP contribution < -0.4 is 9.62 Å². The third-order valence-corrected chi connectivity index (χ3v) is 11.4. The number of hydrogen-bond donors (Lipinski definition) is 1. The number of carbonyl (C=O) groups is 2. The zero-order valence-electron chi connectivity index (χ0n) is 27.9. The summed E-state index contributed by atoms with van der Waals surface area (Å²) in [5.74, 6) is -0.732. The van der Waals surface area contributed by atoms with Gasteiger partial charge in [0.15, 0.2) is 0 Å². The molecule has 0 aliphatic heterocycles. The van der Waals surface area contributed by atoms with Crippen molar-refractivity contribution < 1.29 is 18.0 Å². The van der Waals surface area contributed by atoms with Crippen LogP contribution in [0.5, 0.6) is 0 Å². The number of amides is 2. The van der Waals surface area contributed by atoms with E-state index >= 15 is 0 Å². The number of hydrogen-bond acceptors (Lipinski definition) is 4. The van der Waals surface area contributed by atoms with Crippen LogP contribution >= 0.6 is 11.6 Å². The monoisotopic (exact) mass is 685 g/mol. The molecule has 1 saturated carbocycles. The third-order valence-electron chi connectivity index (χ3n) is 9.16. The molecule has 0 aromatic heterocycles. The first kappa shape index (κ1) is 35.2. The van der Waals surface area contributed by atoms with Gasteiger partial charge in [0.2, 0.25) is 11.8 Å². The third kappa shape index (κ3) is 8.65. The van der Waals surface area contributed by atoms with Gasteiger partial charge in [-0.25, -0.2) is 8.42 Å². The van der Waals surface area contributed by atoms with Crippen LogP contribution in [0.3, 0.4) is 0 Å². The zero-order chi connectivity index (χ0) is 34.3. The number of carbonyl (C=O) groups excluding carboxylic acids is 2. The van der Waals surface area contributed by atoms with Gasteiger partial charge in [0.1, 0.15) is 12.6 Å². The van der Waals surface area contributed by atoms with Crippen molar-refractivity contribution in [2.75, 3.05) is 10.8 Å². The van der Waals surface area contributed by atoms with Crippen molar-refractivity contribution >= 4 is 39.1 Å². The van der Waals surface area contributed by atoms with E-state index in [2.05, 4.69) is 5.32 Å². The standard InChI is InChI=1S/C39H44ClN3O4S/c1-28-18-22-35(23-19-28)48(46,47)43(34-21-20-30(3)36(40)25-34)27-38(44)42(26-32-15-11-10-12-29(32)2)37(24-31-13-6-4-7-14-31)39(45)41-33-16-8-5-9-17-33/h4,6-7,10-15,18-23,25,33,37H,5,8-9,16-17,24,26-27H2,1-3H3,(H,41,45)/t37-/m1/s1. The molecule has 1 N–H and O–H groups in total. The lowest BCUT2D eigenvalue weighted by Gasteiger charge is -2.35. The smallest absolute Gasteiger partial charge is 0.264 e. The van der Waals surface area contributed by atoms with Crippen molar-refractivity contribution in [3.63, 3.8) is 0 Å². The Bertz CT molecular complexity index is 1820. The lowest BCUT2D eigenvalue weighted by Crippen LogP contribution is -2.55. The molecule has 2 amide bonds. The van der Waals surface area contributed by atoms with Crippen LogP contribution in [0.2, 0.25) is 5.02 Å². The highest BCUT2D eigenvalue weighted by Crippen LogP contribution is 2.29. The molecular formula is C39H44ClN3O4S. The number of benzene rings is 4. The molecule has 48 heavy (non-hydrogen) atoms. The first-order valence-corrected chi connectivity index (χ1v) is 18.4. The van der Waals surface area contributed by atoms with E-state index in [1.54, 1.807) is 47.4 Å². The van der Waals surface area contributed by atoms with Gasteiger partial charge >= 0.3 is 0 Å². The van der Waals surface area contributed by atoms with Gasteiger partial charge in [-0.2, -0.15) is 0 Å². The summed E-state index contributed by atoms with van der Waals surface area (Å²) in [6.45, 7) is 5.29. The number of anilines is 1. The average Bonchev–Trinajstić information content (AvgIpc) is 3.08. The van der Waals surface area contributed by atoms with E-state index in [1.807, 2.05) is 75.4 Å². The fourth-order valence-corrected chi connectivity index (χ4v) is 7.75. The molecule has 0 heterocycles. The molecule has 0 bridgehead atoms. The van der Waals surface area contributed by atoms with Gasteiger partial charge in [0.25, 0.3) is 10.0 Å². The highest BCUT2D eigenvalue weighted by Gasteiger charge is 2.35. The number of nitrogens with one attached hydrogen (secondary N) is 1. The molecule has 0 radical (unpaired) electrons. The van der Waals surface area contributed by atoms with Crippen molar-refractivity contribution in [2.24, 2.45) is 0 Å². The maximum absolute atomic E-state index is 14.8. The van der Waals surface area contributed by atoms with E-state index in [0.29, 0.717) is 5.02 Å². The summed E-state index contributed by atoms with van der Waals surface area (Å²) < 4.78 is 29.7. The van der Waals surface area contributed by atoms with E-state index in [9.17, 15) is 18.0 Å². The highest BCUT2D eigenvalue weighted by molar-refractivity contribution is 7.92. The fourth-order valence-electron chi connectivity index (χ4n) is 6.17. The van der Waals surface area contributed by atoms with Gasteiger partial charge in [-0.15, -0.1) is 0 Å². The molecule has 0 saturated heterocycles. The molecule has 4 aromatic rings.